The Morgan fingerprint density at radius 2 is 2.11 bits per heavy atom. The van der Waals surface area contributed by atoms with Gasteiger partial charge in [-0.15, -0.1) is 0 Å². The van der Waals surface area contributed by atoms with Crippen LogP contribution >= 0.6 is 0 Å². The van der Waals surface area contributed by atoms with Crippen LogP contribution in [-0.4, -0.2) is 48.8 Å². The smallest absolute Gasteiger partial charge is 0.242 e. The summed E-state index contributed by atoms with van der Waals surface area (Å²) in [5, 5.41) is 5.34. The van der Waals surface area contributed by atoms with Gasteiger partial charge in [0.15, 0.2) is 0 Å². The van der Waals surface area contributed by atoms with Gasteiger partial charge in [0.05, 0.1) is 5.41 Å². The molecule has 6 heteroatoms. The summed E-state index contributed by atoms with van der Waals surface area (Å²) < 4.78 is 0. The Kier molecular flexibility index (Phi) is 3.52. The molecule has 0 bridgehead atoms. The molecule has 2 heterocycles. The van der Waals surface area contributed by atoms with Crippen molar-refractivity contribution in [3.8, 4) is 0 Å². The maximum atomic E-state index is 12.4. The standard InChI is InChI=1S/C13H21N3O3/c1-8(2)10(11(18)14-3)16-7-13(12(16)19)4-5-15-9(17)6-13/h8,10H,4-7H2,1-3H3,(H,14,18)(H,15,17)/t10-,13?/m0/s1. The second-order valence-corrected chi connectivity index (χ2v) is 5.79. The van der Waals surface area contributed by atoms with Crippen molar-refractivity contribution in [2.24, 2.45) is 11.3 Å². The lowest BCUT2D eigenvalue weighted by atomic mass is 9.70. The molecule has 0 aliphatic carbocycles. The van der Waals surface area contributed by atoms with E-state index in [1.165, 1.54) is 0 Å². The van der Waals surface area contributed by atoms with E-state index in [1.54, 1.807) is 11.9 Å². The minimum atomic E-state index is -0.552. The van der Waals surface area contributed by atoms with Crippen LogP contribution in [0.2, 0.25) is 0 Å². The van der Waals surface area contributed by atoms with Gasteiger partial charge < -0.3 is 15.5 Å². The van der Waals surface area contributed by atoms with Crippen LogP contribution in [0, 0.1) is 11.3 Å². The highest BCUT2D eigenvalue weighted by molar-refractivity contribution is 5.98. The molecule has 6 nitrogen and oxygen atoms in total. The molecule has 2 aliphatic heterocycles. The Balaban J connectivity index is 2.11. The van der Waals surface area contributed by atoms with E-state index in [1.807, 2.05) is 13.8 Å². The first-order valence-corrected chi connectivity index (χ1v) is 6.70. The van der Waals surface area contributed by atoms with Crippen LogP contribution in [0.5, 0.6) is 0 Å². The monoisotopic (exact) mass is 267 g/mol. The largest absolute Gasteiger partial charge is 0.357 e. The van der Waals surface area contributed by atoms with Gasteiger partial charge in [0.2, 0.25) is 17.7 Å². The quantitative estimate of drug-likeness (QED) is 0.676. The van der Waals surface area contributed by atoms with Gasteiger partial charge in [0, 0.05) is 26.6 Å². The fourth-order valence-electron chi connectivity index (χ4n) is 3.07. The third-order valence-corrected chi connectivity index (χ3v) is 4.09. The minimum absolute atomic E-state index is 0.0512. The van der Waals surface area contributed by atoms with E-state index >= 15 is 0 Å². The van der Waals surface area contributed by atoms with E-state index < -0.39 is 11.5 Å². The first-order valence-electron chi connectivity index (χ1n) is 6.70. The van der Waals surface area contributed by atoms with E-state index in [4.69, 9.17) is 0 Å². The Morgan fingerprint density at radius 3 is 2.58 bits per heavy atom. The molecule has 2 rings (SSSR count). The second-order valence-electron chi connectivity index (χ2n) is 5.79. The number of β-lactam (4-membered cyclic amide) rings is 1. The zero-order valence-corrected chi connectivity index (χ0v) is 11.7. The first kappa shape index (κ1) is 13.8. The van der Waals surface area contributed by atoms with Crippen molar-refractivity contribution in [2.75, 3.05) is 20.1 Å². The average Bonchev–Trinajstić information content (AvgIpc) is 2.37. The van der Waals surface area contributed by atoms with E-state index in [-0.39, 0.29) is 30.1 Å². The zero-order chi connectivity index (χ0) is 14.2. The van der Waals surface area contributed by atoms with Crippen LogP contribution in [0.25, 0.3) is 0 Å². The molecule has 2 aliphatic rings. The Labute approximate surface area is 112 Å². The number of amides is 3. The molecule has 3 amide bonds. The summed E-state index contributed by atoms with van der Waals surface area (Å²) in [5.41, 5.74) is -0.552. The highest BCUT2D eigenvalue weighted by Gasteiger charge is 2.57. The predicted molar refractivity (Wildman–Crippen MR) is 69.1 cm³/mol. The zero-order valence-electron chi connectivity index (χ0n) is 11.7. The van der Waals surface area contributed by atoms with Crippen molar-refractivity contribution >= 4 is 17.7 Å². The number of rotatable bonds is 3. The molecule has 0 aromatic carbocycles. The molecule has 2 saturated heterocycles. The Bertz CT molecular complexity index is 421. The number of carbonyl (C=O) groups excluding carboxylic acids is 3. The van der Waals surface area contributed by atoms with Gasteiger partial charge in [-0.2, -0.15) is 0 Å². The van der Waals surface area contributed by atoms with Crippen molar-refractivity contribution in [2.45, 2.75) is 32.7 Å². The second kappa shape index (κ2) is 4.83. The van der Waals surface area contributed by atoms with E-state index in [9.17, 15) is 14.4 Å². The fourth-order valence-corrected chi connectivity index (χ4v) is 3.07. The topological polar surface area (TPSA) is 78.5 Å². The van der Waals surface area contributed by atoms with Crippen LogP contribution in [0.4, 0.5) is 0 Å². The summed E-state index contributed by atoms with van der Waals surface area (Å²) >= 11 is 0. The molecule has 1 unspecified atom stereocenters. The maximum absolute atomic E-state index is 12.4. The van der Waals surface area contributed by atoms with Crippen molar-refractivity contribution in [3.05, 3.63) is 0 Å². The molecular formula is C13H21N3O3. The SMILES string of the molecule is CNC(=O)[C@H](C(C)C)N1CC2(CCNC(=O)C2)C1=O. The fraction of sp³-hybridized carbons (Fsp3) is 0.769. The molecule has 0 radical (unpaired) electrons. The lowest BCUT2D eigenvalue weighted by molar-refractivity contribution is -0.174. The molecule has 1 spiro atoms. The van der Waals surface area contributed by atoms with Gasteiger partial charge in [-0.1, -0.05) is 13.8 Å². The van der Waals surface area contributed by atoms with Crippen LogP contribution < -0.4 is 10.6 Å². The molecule has 2 N–H and O–H groups in total. The van der Waals surface area contributed by atoms with Crippen molar-refractivity contribution in [1.82, 2.24) is 15.5 Å². The Hall–Kier alpha value is -1.59. The summed E-state index contributed by atoms with van der Waals surface area (Å²) in [6.07, 6.45) is 0.924. The number of likely N-dealkylation sites (N-methyl/N-ethyl adjacent to an activating group) is 1. The van der Waals surface area contributed by atoms with Gasteiger partial charge in [0.25, 0.3) is 0 Å². The molecule has 106 valence electrons. The third-order valence-electron chi connectivity index (χ3n) is 4.09. The number of likely N-dealkylation sites (tertiary alicyclic amines) is 1. The number of hydrogen-bond donors (Lipinski definition) is 2. The van der Waals surface area contributed by atoms with Gasteiger partial charge in [-0.25, -0.2) is 0 Å². The molecule has 0 saturated carbocycles. The van der Waals surface area contributed by atoms with Gasteiger partial charge >= 0.3 is 0 Å². The molecule has 2 atom stereocenters. The average molecular weight is 267 g/mol. The summed E-state index contributed by atoms with van der Waals surface area (Å²) in [7, 11) is 1.58. The predicted octanol–water partition coefficient (Wildman–Crippen LogP) is -0.504. The van der Waals surface area contributed by atoms with E-state index in [2.05, 4.69) is 10.6 Å². The summed E-state index contributed by atoms with van der Waals surface area (Å²) in [4.78, 5) is 37.4. The van der Waals surface area contributed by atoms with Crippen molar-refractivity contribution < 1.29 is 14.4 Å². The summed E-state index contributed by atoms with van der Waals surface area (Å²) in [5.74, 6) is -0.206. The number of piperidine rings is 1. The first-order chi connectivity index (χ1) is 8.91. The van der Waals surface area contributed by atoms with Crippen molar-refractivity contribution in [3.63, 3.8) is 0 Å². The van der Waals surface area contributed by atoms with E-state index in [0.717, 1.165) is 0 Å². The van der Waals surface area contributed by atoms with Crippen LogP contribution in [0.1, 0.15) is 26.7 Å². The number of nitrogens with zero attached hydrogens (tertiary/aromatic N) is 1. The van der Waals surface area contributed by atoms with Gasteiger partial charge in [-0.05, 0) is 12.3 Å². The van der Waals surface area contributed by atoms with Gasteiger partial charge in [-0.3, -0.25) is 14.4 Å². The molecule has 0 aromatic rings. The third kappa shape index (κ3) is 2.19. The maximum Gasteiger partial charge on any atom is 0.242 e. The van der Waals surface area contributed by atoms with Crippen LogP contribution in [0.15, 0.2) is 0 Å². The lowest BCUT2D eigenvalue weighted by Crippen LogP contribution is -2.70. The van der Waals surface area contributed by atoms with Gasteiger partial charge in [0.1, 0.15) is 6.04 Å². The van der Waals surface area contributed by atoms with E-state index in [0.29, 0.717) is 19.5 Å². The normalized spacial score (nSPS) is 28.1. The molecular weight excluding hydrogens is 246 g/mol. The number of carbonyl (C=O) groups is 3. The number of nitrogens with one attached hydrogen (secondary N) is 2. The highest BCUT2D eigenvalue weighted by Crippen LogP contribution is 2.42. The van der Waals surface area contributed by atoms with Crippen LogP contribution in [0.3, 0.4) is 0 Å². The molecule has 19 heavy (non-hydrogen) atoms. The minimum Gasteiger partial charge on any atom is -0.357 e. The highest BCUT2D eigenvalue weighted by atomic mass is 16.2. The molecule has 2 fully saturated rings. The lowest BCUT2D eigenvalue weighted by Gasteiger charge is -2.53. The molecule has 0 aromatic heterocycles. The number of hydrogen-bond acceptors (Lipinski definition) is 3. The summed E-state index contributed by atoms with van der Waals surface area (Å²) in [6.45, 7) is 4.90. The van der Waals surface area contributed by atoms with Crippen molar-refractivity contribution in [1.29, 1.82) is 0 Å². The summed E-state index contributed by atoms with van der Waals surface area (Å²) in [6, 6.07) is -0.437. The Morgan fingerprint density at radius 1 is 1.42 bits per heavy atom. The van der Waals surface area contributed by atoms with Crippen LogP contribution in [-0.2, 0) is 14.4 Å².